The molecule has 4 rings (SSSR count). The molecule has 2 aromatic carbocycles. The summed E-state index contributed by atoms with van der Waals surface area (Å²) in [7, 11) is 0. The number of carbonyl (C=O) groups is 3. The molecule has 3 amide bonds. The largest absolute Gasteiger partial charge is 0.467 e. The van der Waals surface area contributed by atoms with Crippen LogP contribution in [-0.2, 0) is 16.1 Å². The number of benzene rings is 2. The lowest BCUT2D eigenvalue weighted by Gasteiger charge is -2.32. The Kier molecular flexibility index (Phi) is 7.65. The number of nitrogens with one attached hydrogen (secondary N) is 2. The van der Waals surface area contributed by atoms with Crippen molar-refractivity contribution in [3.63, 3.8) is 0 Å². The van der Waals surface area contributed by atoms with Gasteiger partial charge in [-0.3, -0.25) is 19.3 Å². The first kappa shape index (κ1) is 24.5. The zero-order valence-electron chi connectivity index (χ0n) is 20.1. The number of carbonyl (C=O) groups excluding carboxylic acids is 3. The van der Waals surface area contributed by atoms with Crippen molar-refractivity contribution in [3.05, 3.63) is 114 Å². The van der Waals surface area contributed by atoms with Crippen molar-refractivity contribution in [2.75, 3.05) is 11.4 Å². The Labute approximate surface area is 208 Å². The normalized spacial score (nSPS) is 11.5. The maximum atomic E-state index is 13.7. The van der Waals surface area contributed by atoms with E-state index in [4.69, 9.17) is 8.83 Å². The molecular formula is C28H27N3O5. The summed E-state index contributed by atoms with van der Waals surface area (Å²) in [5, 5.41) is 5.47. The minimum atomic E-state index is -0.990. The van der Waals surface area contributed by atoms with E-state index in [-0.39, 0.29) is 24.8 Å². The summed E-state index contributed by atoms with van der Waals surface area (Å²) < 4.78 is 10.5. The van der Waals surface area contributed by atoms with Gasteiger partial charge in [-0.1, -0.05) is 48.0 Å². The van der Waals surface area contributed by atoms with Crippen LogP contribution >= 0.6 is 0 Å². The molecule has 0 bridgehead atoms. The molecule has 1 atom stereocenters. The van der Waals surface area contributed by atoms with Crippen LogP contribution in [0, 0.1) is 13.8 Å². The van der Waals surface area contributed by atoms with E-state index in [1.54, 1.807) is 30.3 Å². The molecule has 0 saturated heterocycles. The summed E-state index contributed by atoms with van der Waals surface area (Å²) in [6.07, 6.45) is 2.91. The topological polar surface area (TPSA) is 105 Å². The van der Waals surface area contributed by atoms with E-state index in [0.29, 0.717) is 17.0 Å². The Hall–Kier alpha value is -4.59. The second kappa shape index (κ2) is 11.2. The van der Waals surface area contributed by atoms with E-state index in [1.807, 2.05) is 50.2 Å². The Morgan fingerprint density at radius 1 is 0.861 bits per heavy atom. The average Bonchev–Trinajstić information content (AvgIpc) is 3.60. The van der Waals surface area contributed by atoms with E-state index in [1.165, 1.54) is 23.5 Å². The third kappa shape index (κ3) is 5.72. The molecular weight excluding hydrogens is 458 g/mol. The van der Waals surface area contributed by atoms with Gasteiger partial charge in [0.05, 0.1) is 25.6 Å². The molecule has 0 saturated carbocycles. The lowest BCUT2D eigenvalue weighted by molar-refractivity contribution is -0.126. The molecule has 8 heteroatoms. The summed E-state index contributed by atoms with van der Waals surface area (Å²) in [5.41, 5.74) is 3.04. The molecule has 0 aliphatic carbocycles. The van der Waals surface area contributed by atoms with Crippen LogP contribution in [0.25, 0.3) is 0 Å². The van der Waals surface area contributed by atoms with Crippen molar-refractivity contribution in [1.29, 1.82) is 0 Å². The number of hydrogen-bond donors (Lipinski definition) is 2. The maximum Gasteiger partial charge on any atom is 0.287 e. The summed E-state index contributed by atoms with van der Waals surface area (Å²) in [6.45, 7) is 3.67. The fourth-order valence-corrected chi connectivity index (χ4v) is 3.97. The van der Waals surface area contributed by atoms with Crippen LogP contribution in [-0.4, -0.2) is 24.3 Å². The molecule has 2 heterocycles. The first-order chi connectivity index (χ1) is 17.4. The third-order valence-corrected chi connectivity index (χ3v) is 5.66. The number of furan rings is 2. The van der Waals surface area contributed by atoms with Crippen LogP contribution in [0.3, 0.4) is 0 Å². The molecule has 0 radical (unpaired) electrons. The Bertz CT molecular complexity index is 1310. The predicted octanol–water partition coefficient (Wildman–Crippen LogP) is 4.31. The minimum Gasteiger partial charge on any atom is -0.467 e. The zero-order chi connectivity index (χ0) is 25.5. The Morgan fingerprint density at radius 2 is 1.61 bits per heavy atom. The molecule has 2 aromatic heterocycles. The smallest absolute Gasteiger partial charge is 0.287 e. The molecule has 0 fully saturated rings. The van der Waals surface area contributed by atoms with E-state index >= 15 is 0 Å². The van der Waals surface area contributed by atoms with Crippen LogP contribution in [0.2, 0.25) is 0 Å². The Balaban J connectivity index is 1.69. The lowest BCUT2D eigenvalue weighted by Crippen LogP contribution is -2.47. The second-order valence-corrected chi connectivity index (χ2v) is 8.32. The minimum absolute atomic E-state index is 0.0941. The fourth-order valence-electron chi connectivity index (χ4n) is 3.97. The van der Waals surface area contributed by atoms with E-state index in [9.17, 15) is 14.4 Å². The third-order valence-electron chi connectivity index (χ3n) is 5.66. The van der Waals surface area contributed by atoms with Gasteiger partial charge in [0, 0.05) is 5.69 Å². The fraction of sp³-hybridized carbons (Fsp3) is 0.179. The summed E-state index contributed by atoms with van der Waals surface area (Å²) in [6, 6.07) is 20.3. The van der Waals surface area contributed by atoms with Gasteiger partial charge in [0.1, 0.15) is 11.8 Å². The van der Waals surface area contributed by atoms with E-state index in [0.717, 1.165) is 11.1 Å². The van der Waals surface area contributed by atoms with Gasteiger partial charge in [0.15, 0.2) is 5.76 Å². The van der Waals surface area contributed by atoms with Gasteiger partial charge in [-0.25, -0.2) is 0 Å². The van der Waals surface area contributed by atoms with Crippen LogP contribution in [0.15, 0.2) is 94.2 Å². The maximum absolute atomic E-state index is 13.7. The quantitative estimate of drug-likeness (QED) is 0.368. The molecule has 2 N–H and O–H groups in total. The second-order valence-electron chi connectivity index (χ2n) is 8.32. The van der Waals surface area contributed by atoms with Crippen molar-refractivity contribution >= 4 is 23.4 Å². The van der Waals surface area contributed by atoms with Gasteiger partial charge in [0.25, 0.3) is 5.91 Å². The standard InChI is InChI=1S/C28H27N3O5/c1-19-12-13-23(20(2)16-19)31(25(32)18-30-27(33)24-11-7-15-36-24)26(21-8-4-3-5-9-21)28(34)29-17-22-10-6-14-35-22/h3-16,26H,17-18H2,1-2H3,(H,29,34)(H,30,33)/t26-/m1/s1. The summed E-state index contributed by atoms with van der Waals surface area (Å²) in [5.74, 6) is -0.679. The molecule has 0 aliphatic rings. The van der Waals surface area contributed by atoms with Gasteiger partial charge < -0.3 is 19.5 Å². The monoisotopic (exact) mass is 485 g/mol. The summed E-state index contributed by atoms with van der Waals surface area (Å²) >= 11 is 0. The van der Waals surface area contributed by atoms with Crippen LogP contribution < -0.4 is 15.5 Å². The van der Waals surface area contributed by atoms with E-state index < -0.39 is 17.9 Å². The molecule has 0 spiro atoms. The van der Waals surface area contributed by atoms with Gasteiger partial charge in [-0.15, -0.1) is 0 Å². The molecule has 36 heavy (non-hydrogen) atoms. The van der Waals surface area contributed by atoms with Crippen molar-refractivity contribution in [3.8, 4) is 0 Å². The zero-order valence-corrected chi connectivity index (χ0v) is 20.1. The molecule has 0 unspecified atom stereocenters. The van der Waals surface area contributed by atoms with Crippen molar-refractivity contribution in [2.24, 2.45) is 0 Å². The highest BCUT2D eigenvalue weighted by Crippen LogP contribution is 2.31. The number of anilines is 1. The van der Waals surface area contributed by atoms with Crippen molar-refractivity contribution in [1.82, 2.24) is 10.6 Å². The number of hydrogen-bond acceptors (Lipinski definition) is 5. The van der Waals surface area contributed by atoms with Crippen LogP contribution in [0.5, 0.6) is 0 Å². The number of amides is 3. The number of nitrogens with zero attached hydrogens (tertiary/aromatic N) is 1. The highest BCUT2D eigenvalue weighted by molar-refractivity contribution is 6.04. The first-order valence-electron chi connectivity index (χ1n) is 11.5. The van der Waals surface area contributed by atoms with Gasteiger partial charge in [0.2, 0.25) is 11.8 Å². The van der Waals surface area contributed by atoms with Crippen molar-refractivity contribution < 1.29 is 23.2 Å². The number of rotatable bonds is 9. The van der Waals surface area contributed by atoms with E-state index in [2.05, 4.69) is 10.6 Å². The van der Waals surface area contributed by atoms with Gasteiger partial charge >= 0.3 is 0 Å². The predicted molar refractivity (Wildman–Crippen MR) is 134 cm³/mol. The lowest BCUT2D eigenvalue weighted by atomic mass is 10.0. The number of aryl methyl sites for hydroxylation is 2. The molecule has 8 nitrogen and oxygen atoms in total. The van der Waals surface area contributed by atoms with Gasteiger partial charge in [-0.2, -0.15) is 0 Å². The SMILES string of the molecule is Cc1ccc(N(C(=O)CNC(=O)c2ccco2)[C@@H](C(=O)NCc2ccco2)c2ccccc2)c(C)c1. The first-order valence-corrected chi connectivity index (χ1v) is 11.5. The van der Waals surface area contributed by atoms with Crippen LogP contribution in [0.4, 0.5) is 5.69 Å². The molecule has 4 aromatic rings. The van der Waals surface area contributed by atoms with Crippen molar-refractivity contribution in [2.45, 2.75) is 26.4 Å². The summed E-state index contributed by atoms with van der Waals surface area (Å²) in [4.78, 5) is 41.2. The molecule has 0 aliphatic heterocycles. The Morgan fingerprint density at radius 3 is 2.28 bits per heavy atom. The highest BCUT2D eigenvalue weighted by atomic mass is 16.3. The molecule has 184 valence electrons. The van der Waals surface area contributed by atoms with Gasteiger partial charge in [-0.05, 0) is 55.3 Å². The average molecular weight is 486 g/mol. The highest BCUT2D eigenvalue weighted by Gasteiger charge is 2.33. The van der Waals surface area contributed by atoms with Crippen LogP contribution in [0.1, 0.15) is 39.0 Å².